The van der Waals surface area contributed by atoms with Crippen molar-refractivity contribution in [3.8, 4) is 5.75 Å². The molecule has 100 valence electrons. The van der Waals surface area contributed by atoms with Crippen LogP contribution in [-0.2, 0) is 0 Å². The van der Waals surface area contributed by atoms with E-state index in [0.29, 0.717) is 6.61 Å². The molecule has 0 atom stereocenters. The largest absolute Gasteiger partial charge is 0.493 e. The molecule has 1 aromatic heterocycles. The lowest BCUT2D eigenvalue weighted by Gasteiger charge is -2.06. The monoisotopic (exact) mass is 338 g/mol. The van der Waals surface area contributed by atoms with Crippen molar-refractivity contribution < 1.29 is 4.74 Å². The zero-order valence-electron chi connectivity index (χ0n) is 10.4. The fraction of sp³-hybridized carbons (Fsp3) is 0.214. The standard InChI is InChI=1S/C14H15BrN2OS/c15-11-5-6-14(17-10-11)19-8-2-7-18-13-4-1-3-12(16)9-13/h1,3-6,9-10H,2,7-8,16H2. The highest BCUT2D eigenvalue weighted by Gasteiger charge is 1.97. The average molecular weight is 339 g/mol. The molecule has 0 radical (unpaired) electrons. The van der Waals surface area contributed by atoms with E-state index >= 15 is 0 Å². The van der Waals surface area contributed by atoms with Gasteiger partial charge in [-0.3, -0.25) is 0 Å². The topological polar surface area (TPSA) is 48.1 Å². The summed E-state index contributed by atoms with van der Waals surface area (Å²) in [4.78, 5) is 4.30. The lowest BCUT2D eigenvalue weighted by atomic mass is 10.3. The third kappa shape index (κ3) is 5.12. The number of ether oxygens (including phenoxy) is 1. The highest BCUT2D eigenvalue weighted by atomic mass is 79.9. The number of hydrogen-bond acceptors (Lipinski definition) is 4. The molecule has 1 heterocycles. The zero-order chi connectivity index (χ0) is 13.5. The summed E-state index contributed by atoms with van der Waals surface area (Å²) < 4.78 is 6.62. The summed E-state index contributed by atoms with van der Waals surface area (Å²) in [6, 6.07) is 11.5. The minimum atomic E-state index is 0.687. The summed E-state index contributed by atoms with van der Waals surface area (Å²) in [5.74, 6) is 1.81. The third-order valence-electron chi connectivity index (χ3n) is 2.37. The zero-order valence-corrected chi connectivity index (χ0v) is 12.8. The highest BCUT2D eigenvalue weighted by Crippen LogP contribution is 2.19. The second-order valence-electron chi connectivity index (χ2n) is 3.94. The van der Waals surface area contributed by atoms with E-state index in [1.807, 2.05) is 42.6 Å². The van der Waals surface area contributed by atoms with E-state index in [4.69, 9.17) is 10.5 Å². The molecule has 5 heteroatoms. The van der Waals surface area contributed by atoms with Gasteiger partial charge in [0.15, 0.2) is 0 Å². The Morgan fingerprint density at radius 3 is 2.89 bits per heavy atom. The second kappa shape index (κ2) is 7.40. The molecule has 2 aromatic rings. The van der Waals surface area contributed by atoms with E-state index in [2.05, 4.69) is 20.9 Å². The lowest BCUT2D eigenvalue weighted by Crippen LogP contribution is -1.99. The molecular formula is C14H15BrN2OS. The summed E-state index contributed by atoms with van der Waals surface area (Å²) in [5, 5.41) is 1.03. The van der Waals surface area contributed by atoms with Crippen LogP contribution in [0.15, 0.2) is 52.1 Å². The van der Waals surface area contributed by atoms with Crippen LogP contribution in [-0.4, -0.2) is 17.3 Å². The molecule has 0 bridgehead atoms. The molecule has 0 aliphatic heterocycles. The summed E-state index contributed by atoms with van der Waals surface area (Å²) in [6.07, 6.45) is 2.78. The van der Waals surface area contributed by atoms with Gasteiger partial charge in [0.1, 0.15) is 5.75 Å². The number of pyridine rings is 1. The maximum atomic E-state index is 5.68. The van der Waals surface area contributed by atoms with Crippen molar-refractivity contribution in [1.82, 2.24) is 4.98 Å². The van der Waals surface area contributed by atoms with Gasteiger partial charge in [0.05, 0.1) is 11.6 Å². The van der Waals surface area contributed by atoms with Crippen LogP contribution in [0, 0.1) is 0 Å². The molecule has 0 aliphatic rings. The molecule has 3 nitrogen and oxygen atoms in total. The van der Waals surface area contributed by atoms with Crippen molar-refractivity contribution in [2.45, 2.75) is 11.4 Å². The Morgan fingerprint density at radius 1 is 1.26 bits per heavy atom. The number of aromatic nitrogens is 1. The van der Waals surface area contributed by atoms with E-state index in [1.54, 1.807) is 11.8 Å². The van der Waals surface area contributed by atoms with Crippen LogP contribution >= 0.6 is 27.7 Å². The van der Waals surface area contributed by atoms with E-state index in [0.717, 1.165) is 33.1 Å². The van der Waals surface area contributed by atoms with Crippen LogP contribution in [0.5, 0.6) is 5.75 Å². The molecule has 0 aliphatic carbocycles. The molecular weight excluding hydrogens is 324 g/mol. The number of nitrogen functional groups attached to an aromatic ring is 1. The van der Waals surface area contributed by atoms with E-state index in [9.17, 15) is 0 Å². The third-order valence-corrected chi connectivity index (χ3v) is 3.86. The van der Waals surface area contributed by atoms with Gasteiger partial charge >= 0.3 is 0 Å². The Hall–Kier alpha value is -1.20. The van der Waals surface area contributed by atoms with Gasteiger partial charge in [0.25, 0.3) is 0 Å². The Bertz CT molecular complexity index is 519. The number of thioether (sulfide) groups is 1. The van der Waals surface area contributed by atoms with Gasteiger partial charge in [0, 0.05) is 28.2 Å². The SMILES string of the molecule is Nc1cccc(OCCCSc2ccc(Br)cn2)c1. The maximum Gasteiger partial charge on any atom is 0.121 e. The Kier molecular flexibility index (Phi) is 5.54. The van der Waals surface area contributed by atoms with Crippen molar-refractivity contribution in [3.05, 3.63) is 47.1 Å². The molecule has 2 N–H and O–H groups in total. The number of halogens is 1. The molecule has 2 rings (SSSR count). The highest BCUT2D eigenvalue weighted by molar-refractivity contribution is 9.10. The van der Waals surface area contributed by atoms with Gasteiger partial charge in [-0.05, 0) is 46.6 Å². The predicted octanol–water partition coefficient (Wildman–Crippen LogP) is 3.99. The van der Waals surface area contributed by atoms with Crippen molar-refractivity contribution >= 4 is 33.4 Å². The fourth-order valence-electron chi connectivity index (χ4n) is 1.48. The van der Waals surface area contributed by atoms with Crippen LogP contribution in [0.2, 0.25) is 0 Å². The minimum absolute atomic E-state index is 0.687. The summed E-state index contributed by atoms with van der Waals surface area (Å²) >= 11 is 5.10. The molecule has 1 aromatic carbocycles. The number of hydrogen-bond donors (Lipinski definition) is 1. The first-order valence-corrected chi connectivity index (χ1v) is 7.74. The fourth-order valence-corrected chi connectivity index (χ4v) is 2.48. The number of nitrogens with two attached hydrogens (primary N) is 1. The summed E-state index contributed by atoms with van der Waals surface area (Å²) in [5.41, 5.74) is 6.41. The quantitative estimate of drug-likeness (QED) is 0.491. The second-order valence-corrected chi connectivity index (χ2v) is 5.97. The van der Waals surface area contributed by atoms with Crippen LogP contribution in [0.4, 0.5) is 5.69 Å². The molecule has 0 amide bonds. The van der Waals surface area contributed by atoms with Crippen molar-refractivity contribution in [2.24, 2.45) is 0 Å². The molecule has 0 fully saturated rings. The van der Waals surface area contributed by atoms with Crippen LogP contribution in [0.25, 0.3) is 0 Å². The Morgan fingerprint density at radius 2 is 2.16 bits per heavy atom. The number of benzene rings is 1. The summed E-state index contributed by atoms with van der Waals surface area (Å²) in [6.45, 7) is 0.687. The van der Waals surface area contributed by atoms with Gasteiger partial charge in [-0.2, -0.15) is 0 Å². The average Bonchev–Trinajstić information content (AvgIpc) is 2.41. The number of nitrogens with zero attached hydrogens (tertiary/aromatic N) is 1. The van der Waals surface area contributed by atoms with Gasteiger partial charge in [-0.15, -0.1) is 11.8 Å². The number of anilines is 1. The first kappa shape index (κ1) is 14.2. The smallest absolute Gasteiger partial charge is 0.121 e. The van der Waals surface area contributed by atoms with E-state index < -0.39 is 0 Å². The van der Waals surface area contributed by atoms with Gasteiger partial charge in [0.2, 0.25) is 0 Å². The predicted molar refractivity (Wildman–Crippen MR) is 83.6 cm³/mol. The van der Waals surface area contributed by atoms with Crippen LogP contribution in [0.1, 0.15) is 6.42 Å². The van der Waals surface area contributed by atoms with E-state index in [1.165, 1.54) is 0 Å². The molecule has 0 saturated carbocycles. The van der Waals surface area contributed by atoms with Crippen molar-refractivity contribution in [1.29, 1.82) is 0 Å². The minimum Gasteiger partial charge on any atom is -0.493 e. The molecule has 0 unspecified atom stereocenters. The molecule has 0 spiro atoms. The summed E-state index contributed by atoms with van der Waals surface area (Å²) in [7, 11) is 0. The van der Waals surface area contributed by atoms with Crippen LogP contribution < -0.4 is 10.5 Å². The van der Waals surface area contributed by atoms with Gasteiger partial charge < -0.3 is 10.5 Å². The first-order chi connectivity index (χ1) is 9.24. The normalized spacial score (nSPS) is 10.4. The van der Waals surface area contributed by atoms with Crippen LogP contribution in [0.3, 0.4) is 0 Å². The first-order valence-electron chi connectivity index (χ1n) is 5.97. The van der Waals surface area contributed by atoms with Crippen molar-refractivity contribution in [3.63, 3.8) is 0 Å². The Balaban J connectivity index is 1.66. The number of rotatable bonds is 6. The van der Waals surface area contributed by atoms with Gasteiger partial charge in [-0.1, -0.05) is 6.07 Å². The van der Waals surface area contributed by atoms with E-state index in [-0.39, 0.29) is 0 Å². The molecule has 0 saturated heterocycles. The van der Waals surface area contributed by atoms with Gasteiger partial charge in [-0.25, -0.2) is 4.98 Å². The molecule has 19 heavy (non-hydrogen) atoms. The van der Waals surface area contributed by atoms with Crippen molar-refractivity contribution in [2.75, 3.05) is 18.1 Å². The maximum absolute atomic E-state index is 5.68. The lowest BCUT2D eigenvalue weighted by molar-refractivity contribution is 0.319. The Labute approximate surface area is 125 Å².